The first kappa shape index (κ1) is 23.6. The monoisotopic (exact) mass is 449 g/mol. The van der Waals surface area contributed by atoms with Crippen molar-refractivity contribution in [2.75, 3.05) is 19.6 Å². The minimum atomic E-state index is -0.125. The number of amides is 2. The van der Waals surface area contributed by atoms with Crippen molar-refractivity contribution in [1.82, 2.24) is 14.4 Å². The summed E-state index contributed by atoms with van der Waals surface area (Å²) in [6.45, 7) is 11.0. The molecule has 0 spiro atoms. The molecule has 1 aliphatic heterocycles. The van der Waals surface area contributed by atoms with E-state index in [1.165, 1.54) is 5.56 Å². The van der Waals surface area contributed by atoms with Gasteiger partial charge < -0.3 is 14.4 Å². The van der Waals surface area contributed by atoms with E-state index >= 15 is 0 Å². The SMILES string of the molecule is CCCN(CC(=O)N1CCn2cccc2C1c1ccc(C(C)(C)C)cc1)C(=O)C1CCCC1. The number of fused-ring (bicyclic) bond motifs is 1. The third kappa shape index (κ3) is 5.02. The van der Waals surface area contributed by atoms with Crippen LogP contribution in [0.3, 0.4) is 0 Å². The Morgan fingerprint density at radius 3 is 2.36 bits per heavy atom. The second kappa shape index (κ2) is 9.74. The molecule has 0 saturated heterocycles. The maximum absolute atomic E-state index is 13.7. The first-order valence-electron chi connectivity index (χ1n) is 12.6. The van der Waals surface area contributed by atoms with Gasteiger partial charge in [0.1, 0.15) is 0 Å². The fourth-order valence-corrected chi connectivity index (χ4v) is 5.39. The molecule has 1 aromatic heterocycles. The van der Waals surface area contributed by atoms with Crippen molar-refractivity contribution >= 4 is 11.8 Å². The molecule has 0 bridgehead atoms. The third-order valence-corrected chi connectivity index (χ3v) is 7.29. The Labute approximate surface area is 198 Å². The lowest BCUT2D eigenvalue weighted by Crippen LogP contribution is -2.49. The van der Waals surface area contributed by atoms with Crippen LogP contribution in [0.15, 0.2) is 42.6 Å². The number of carbonyl (C=O) groups is 2. The summed E-state index contributed by atoms with van der Waals surface area (Å²) in [5.74, 6) is 0.324. The molecule has 1 aliphatic carbocycles. The summed E-state index contributed by atoms with van der Waals surface area (Å²) in [5, 5.41) is 0. The van der Waals surface area contributed by atoms with Gasteiger partial charge in [0.05, 0.1) is 12.6 Å². The fraction of sp³-hybridized carbons (Fsp3) is 0.571. The molecular formula is C28H39N3O2. The van der Waals surface area contributed by atoms with Crippen LogP contribution in [0.1, 0.15) is 82.7 Å². The Balaban J connectivity index is 1.59. The Hall–Kier alpha value is -2.56. The van der Waals surface area contributed by atoms with E-state index in [9.17, 15) is 9.59 Å². The molecule has 0 N–H and O–H groups in total. The Morgan fingerprint density at radius 1 is 1.03 bits per heavy atom. The number of nitrogens with zero attached hydrogens (tertiary/aromatic N) is 3. The van der Waals surface area contributed by atoms with Gasteiger partial charge in [0.15, 0.2) is 0 Å². The first-order chi connectivity index (χ1) is 15.8. The molecule has 2 aromatic rings. The zero-order valence-electron chi connectivity index (χ0n) is 20.7. The maximum Gasteiger partial charge on any atom is 0.243 e. The van der Waals surface area contributed by atoms with Crippen LogP contribution in [0, 0.1) is 5.92 Å². The van der Waals surface area contributed by atoms with Crippen LogP contribution in [0.25, 0.3) is 0 Å². The van der Waals surface area contributed by atoms with Crippen LogP contribution < -0.4 is 0 Å². The summed E-state index contributed by atoms with van der Waals surface area (Å²) < 4.78 is 2.25. The molecule has 5 heteroatoms. The molecule has 1 aromatic carbocycles. The summed E-state index contributed by atoms with van der Waals surface area (Å²) in [6.07, 6.45) is 7.15. The van der Waals surface area contributed by atoms with Crippen molar-refractivity contribution in [3.63, 3.8) is 0 Å². The van der Waals surface area contributed by atoms with Crippen LogP contribution in [0.2, 0.25) is 0 Å². The highest BCUT2D eigenvalue weighted by atomic mass is 16.2. The van der Waals surface area contributed by atoms with E-state index in [0.717, 1.165) is 49.9 Å². The molecule has 1 unspecified atom stereocenters. The van der Waals surface area contributed by atoms with E-state index in [4.69, 9.17) is 0 Å². The Bertz CT molecular complexity index is 964. The van der Waals surface area contributed by atoms with Crippen LogP contribution in [0.5, 0.6) is 0 Å². The normalized spacial score (nSPS) is 18.9. The largest absolute Gasteiger partial charge is 0.348 e. The van der Waals surface area contributed by atoms with Crippen molar-refractivity contribution in [3.05, 3.63) is 59.4 Å². The predicted octanol–water partition coefficient (Wildman–Crippen LogP) is 5.15. The highest BCUT2D eigenvalue weighted by molar-refractivity contribution is 5.86. The summed E-state index contributed by atoms with van der Waals surface area (Å²) >= 11 is 0. The molecule has 1 fully saturated rings. The molecule has 33 heavy (non-hydrogen) atoms. The van der Waals surface area contributed by atoms with Crippen LogP contribution >= 0.6 is 0 Å². The van der Waals surface area contributed by atoms with E-state index in [0.29, 0.717) is 13.1 Å². The Kier molecular flexibility index (Phi) is 6.96. The second-order valence-electron chi connectivity index (χ2n) is 10.7. The van der Waals surface area contributed by atoms with Gasteiger partial charge in [-0.1, -0.05) is 64.8 Å². The zero-order chi connectivity index (χ0) is 23.6. The highest BCUT2D eigenvalue weighted by Crippen LogP contribution is 2.34. The van der Waals surface area contributed by atoms with Crippen LogP contribution in [-0.2, 0) is 21.5 Å². The zero-order valence-corrected chi connectivity index (χ0v) is 20.7. The van der Waals surface area contributed by atoms with Gasteiger partial charge in [-0.25, -0.2) is 0 Å². The average Bonchev–Trinajstić information content (AvgIpc) is 3.49. The van der Waals surface area contributed by atoms with Crippen molar-refractivity contribution in [2.45, 2.75) is 77.8 Å². The molecule has 4 rings (SSSR count). The number of carbonyl (C=O) groups excluding carboxylic acids is 2. The summed E-state index contributed by atoms with van der Waals surface area (Å²) in [5.41, 5.74) is 3.64. The van der Waals surface area contributed by atoms with Crippen LogP contribution in [0.4, 0.5) is 0 Å². The van der Waals surface area contributed by atoms with Gasteiger partial charge in [0.25, 0.3) is 0 Å². The predicted molar refractivity (Wildman–Crippen MR) is 132 cm³/mol. The smallest absolute Gasteiger partial charge is 0.243 e. The molecule has 2 amide bonds. The fourth-order valence-electron chi connectivity index (χ4n) is 5.39. The van der Waals surface area contributed by atoms with Crippen LogP contribution in [-0.4, -0.2) is 45.8 Å². The topological polar surface area (TPSA) is 45.6 Å². The van der Waals surface area contributed by atoms with Gasteiger partial charge in [-0.15, -0.1) is 0 Å². The van der Waals surface area contributed by atoms with Gasteiger partial charge in [0.2, 0.25) is 11.8 Å². The lowest BCUT2D eigenvalue weighted by Gasteiger charge is -2.39. The summed E-state index contributed by atoms with van der Waals surface area (Å²) in [7, 11) is 0. The molecule has 1 atom stereocenters. The average molecular weight is 450 g/mol. The van der Waals surface area contributed by atoms with Crippen molar-refractivity contribution in [1.29, 1.82) is 0 Å². The molecule has 1 saturated carbocycles. The van der Waals surface area contributed by atoms with E-state index in [2.05, 4.69) is 74.9 Å². The van der Waals surface area contributed by atoms with Crippen molar-refractivity contribution in [2.24, 2.45) is 5.92 Å². The summed E-state index contributed by atoms with van der Waals surface area (Å²) in [4.78, 5) is 30.6. The highest BCUT2D eigenvalue weighted by Gasteiger charge is 2.35. The number of benzene rings is 1. The van der Waals surface area contributed by atoms with Gasteiger partial charge in [-0.2, -0.15) is 0 Å². The number of hydrogen-bond donors (Lipinski definition) is 0. The van der Waals surface area contributed by atoms with E-state index < -0.39 is 0 Å². The first-order valence-corrected chi connectivity index (χ1v) is 12.6. The molecule has 0 radical (unpaired) electrons. The van der Waals surface area contributed by atoms with Crippen molar-refractivity contribution in [3.8, 4) is 0 Å². The van der Waals surface area contributed by atoms with E-state index in [1.807, 2.05) is 9.80 Å². The minimum absolute atomic E-state index is 0.0483. The van der Waals surface area contributed by atoms with Crippen molar-refractivity contribution < 1.29 is 9.59 Å². The quantitative estimate of drug-likeness (QED) is 0.613. The van der Waals surface area contributed by atoms with E-state index in [-0.39, 0.29) is 35.7 Å². The Morgan fingerprint density at radius 2 is 1.73 bits per heavy atom. The van der Waals surface area contributed by atoms with Gasteiger partial charge >= 0.3 is 0 Å². The third-order valence-electron chi connectivity index (χ3n) is 7.29. The van der Waals surface area contributed by atoms with Gasteiger partial charge in [-0.3, -0.25) is 9.59 Å². The van der Waals surface area contributed by atoms with Gasteiger partial charge in [0, 0.05) is 37.4 Å². The molecular weight excluding hydrogens is 410 g/mol. The number of rotatable bonds is 6. The van der Waals surface area contributed by atoms with E-state index in [1.54, 1.807) is 0 Å². The maximum atomic E-state index is 13.7. The molecule has 2 heterocycles. The molecule has 2 aliphatic rings. The molecule has 5 nitrogen and oxygen atoms in total. The lowest BCUT2D eigenvalue weighted by atomic mass is 9.86. The number of hydrogen-bond acceptors (Lipinski definition) is 2. The summed E-state index contributed by atoms with van der Waals surface area (Å²) in [6, 6.07) is 12.8. The lowest BCUT2D eigenvalue weighted by molar-refractivity contribution is -0.144. The second-order valence-corrected chi connectivity index (χ2v) is 10.7. The minimum Gasteiger partial charge on any atom is -0.348 e. The molecule has 178 valence electrons. The number of aromatic nitrogens is 1. The van der Waals surface area contributed by atoms with Gasteiger partial charge in [-0.05, 0) is 47.9 Å². The standard InChI is InChI=1S/C28H39N3O2/c1-5-16-30(27(33)22-9-6-7-10-22)20-25(32)31-19-18-29-17-8-11-24(29)26(31)21-12-14-23(15-13-21)28(2,3)4/h8,11-15,17,22,26H,5-7,9-10,16,18-20H2,1-4H3.